The number of rotatable bonds is 0. The van der Waals surface area contributed by atoms with Gasteiger partial charge < -0.3 is 4.40 Å². The molecule has 0 fully saturated rings. The number of pyridine rings is 1. The summed E-state index contributed by atoms with van der Waals surface area (Å²) >= 11 is 0. The van der Waals surface area contributed by atoms with Crippen molar-refractivity contribution in [2.75, 3.05) is 0 Å². The Morgan fingerprint density at radius 1 is 0.412 bits per heavy atom. The summed E-state index contributed by atoms with van der Waals surface area (Å²) in [5.74, 6) is 0. The van der Waals surface area contributed by atoms with E-state index < -0.39 is 0 Å². The van der Waals surface area contributed by atoms with E-state index in [-0.39, 0.29) is 0 Å². The van der Waals surface area contributed by atoms with Crippen LogP contribution in [0, 0.1) is 0 Å². The number of hydrogen-bond acceptors (Lipinski definition) is 1. The Morgan fingerprint density at radius 2 is 1.00 bits per heavy atom. The molecule has 3 nitrogen and oxygen atoms in total. The third-order valence-corrected chi connectivity index (χ3v) is 7.60. The molecule has 0 atom stereocenters. The first-order chi connectivity index (χ1) is 16.9. The summed E-state index contributed by atoms with van der Waals surface area (Å²) in [4.78, 5) is 5.05. The standard InChI is InChI=1S/C31H17N3/c1-2-10-22-18(8-1)23-16-28-24(17-29(23)34-27-15-6-4-13-25(27)32-31(22)34)21-12-7-11-20-19-9-3-5-14-26(19)33(28)30(20)21/h1-17H. The topological polar surface area (TPSA) is 21.7 Å². The number of para-hydroxylation sites is 4. The first-order valence-electron chi connectivity index (χ1n) is 11.7. The molecule has 0 aliphatic carbocycles. The van der Waals surface area contributed by atoms with Crippen molar-refractivity contribution in [3.8, 4) is 0 Å². The summed E-state index contributed by atoms with van der Waals surface area (Å²) in [6, 6.07) is 37.3. The number of hydrogen-bond donors (Lipinski definition) is 0. The van der Waals surface area contributed by atoms with Crippen molar-refractivity contribution in [1.29, 1.82) is 0 Å². The second-order valence-electron chi connectivity index (χ2n) is 9.25. The van der Waals surface area contributed by atoms with Gasteiger partial charge in [-0.1, -0.05) is 72.8 Å². The van der Waals surface area contributed by atoms with E-state index in [1.807, 2.05) is 0 Å². The first-order valence-corrected chi connectivity index (χ1v) is 11.7. The van der Waals surface area contributed by atoms with E-state index in [1.165, 1.54) is 59.8 Å². The predicted molar refractivity (Wildman–Crippen MR) is 142 cm³/mol. The van der Waals surface area contributed by atoms with Crippen LogP contribution in [0.2, 0.25) is 0 Å². The molecule has 0 amide bonds. The van der Waals surface area contributed by atoms with Gasteiger partial charge in [0.2, 0.25) is 0 Å². The maximum absolute atomic E-state index is 5.05. The molecule has 0 bridgehead atoms. The molecule has 0 spiro atoms. The molecular formula is C31H17N3. The van der Waals surface area contributed by atoms with E-state index in [9.17, 15) is 0 Å². The molecule has 9 aromatic rings. The molecule has 3 heteroatoms. The SMILES string of the molecule is c1ccc2c(c1)nc1c3ccccc3c3cc4c(cc3n21)c1cccc2c3ccccc3n4c21. The summed E-state index contributed by atoms with van der Waals surface area (Å²) in [6.07, 6.45) is 0. The van der Waals surface area contributed by atoms with Gasteiger partial charge in [0.1, 0.15) is 5.65 Å². The molecule has 34 heavy (non-hydrogen) atoms. The lowest BCUT2D eigenvalue weighted by atomic mass is 10.0. The van der Waals surface area contributed by atoms with Gasteiger partial charge in [-0.15, -0.1) is 0 Å². The molecule has 9 rings (SSSR count). The Morgan fingerprint density at radius 3 is 1.85 bits per heavy atom. The number of aromatic nitrogens is 3. The van der Waals surface area contributed by atoms with Crippen LogP contribution in [0.3, 0.4) is 0 Å². The summed E-state index contributed by atoms with van der Waals surface area (Å²) in [7, 11) is 0. The van der Waals surface area contributed by atoms with Crippen LogP contribution in [-0.4, -0.2) is 13.8 Å². The minimum absolute atomic E-state index is 1.02. The van der Waals surface area contributed by atoms with Gasteiger partial charge in [-0.25, -0.2) is 4.98 Å². The molecular weight excluding hydrogens is 414 g/mol. The minimum atomic E-state index is 1.02. The predicted octanol–water partition coefficient (Wildman–Crippen LogP) is 7.94. The van der Waals surface area contributed by atoms with Crippen LogP contribution in [-0.2, 0) is 0 Å². The lowest BCUT2D eigenvalue weighted by molar-refractivity contribution is 1.32. The van der Waals surface area contributed by atoms with E-state index in [0.717, 1.165) is 16.7 Å². The summed E-state index contributed by atoms with van der Waals surface area (Å²) in [6.45, 7) is 0. The fourth-order valence-electron chi connectivity index (χ4n) is 6.23. The van der Waals surface area contributed by atoms with Crippen LogP contribution in [0.25, 0.3) is 76.5 Å². The molecule has 4 aromatic heterocycles. The van der Waals surface area contributed by atoms with Crippen molar-refractivity contribution in [1.82, 2.24) is 13.8 Å². The normalized spacial score (nSPS) is 12.7. The van der Waals surface area contributed by atoms with Crippen LogP contribution >= 0.6 is 0 Å². The van der Waals surface area contributed by atoms with Gasteiger partial charge in [0.05, 0.1) is 33.1 Å². The summed E-state index contributed by atoms with van der Waals surface area (Å²) in [5, 5.41) is 8.90. The van der Waals surface area contributed by atoms with Crippen molar-refractivity contribution in [2.45, 2.75) is 0 Å². The smallest absolute Gasteiger partial charge is 0.146 e. The molecule has 0 unspecified atom stereocenters. The zero-order chi connectivity index (χ0) is 22.0. The van der Waals surface area contributed by atoms with Crippen molar-refractivity contribution >= 4 is 76.5 Å². The average molecular weight is 431 g/mol. The lowest BCUT2D eigenvalue weighted by Gasteiger charge is -2.10. The molecule has 0 radical (unpaired) electrons. The first kappa shape index (κ1) is 16.9. The van der Waals surface area contributed by atoms with Gasteiger partial charge in [-0.05, 0) is 35.7 Å². The van der Waals surface area contributed by atoms with E-state index in [0.29, 0.717) is 0 Å². The van der Waals surface area contributed by atoms with E-state index in [4.69, 9.17) is 4.98 Å². The van der Waals surface area contributed by atoms with Crippen LogP contribution < -0.4 is 0 Å². The van der Waals surface area contributed by atoms with Gasteiger partial charge in [0.25, 0.3) is 0 Å². The van der Waals surface area contributed by atoms with Crippen LogP contribution in [0.4, 0.5) is 0 Å². The number of imidazole rings is 1. The molecule has 156 valence electrons. The van der Waals surface area contributed by atoms with Crippen LogP contribution in [0.15, 0.2) is 103 Å². The maximum atomic E-state index is 5.05. The number of fused-ring (bicyclic) bond motifs is 14. The molecule has 0 saturated carbocycles. The Bertz CT molecular complexity index is 2280. The summed E-state index contributed by atoms with van der Waals surface area (Å²) < 4.78 is 4.80. The van der Waals surface area contributed by atoms with Gasteiger partial charge in [-0.2, -0.15) is 0 Å². The summed E-state index contributed by atoms with van der Waals surface area (Å²) in [5.41, 5.74) is 8.23. The second-order valence-corrected chi connectivity index (χ2v) is 9.25. The highest BCUT2D eigenvalue weighted by Crippen LogP contribution is 2.42. The monoisotopic (exact) mass is 431 g/mol. The van der Waals surface area contributed by atoms with Gasteiger partial charge in [-0.3, -0.25) is 4.40 Å². The van der Waals surface area contributed by atoms with Crippen molar-refractivity contribution in [3.05, 3.63) is 103 Å². The zero-order valence-electron chi connectivity index (χ0n) is 18.2. The number of nitrogens with zero attached hydrogens (tertiary/aromatic N) is 3. The van der Waals surface area contributed by atoms with E-state index in [2.05, 4.69) is 112 Å². The maximum Gasteiger partial charge on any atom is 0.146 e. The number of benzene rings is 5. The van der Waals surface area contributed by atoms with Gasteiger partial charge in [0.15, 0.2) is 0 Å². The fraction of sp³-hybridized carbons (Fsp3) is 0. The van der Waals surface area contributed by atoms with Crippen molar-refractivity contribution in [3.63, 3.8) is 0 Å². The molecule has 4 heterocycles. The highest BCUT2D eigenvalue weighted by atomic mass is 15.0. The third kappa shape index (κ3) is 1.82. The van der Waals surface area contributed by atoms with E-state index in [1.54, 1.807) is 0 Å². The Hall–Kier alpha value is -4.63. The molecule has 0 N–H and O–H groups in total. The highest BCUT2D eigenvalue weighted by molar-refractivity contribution is 6.26. The minimum Gasteiger partial charge on any atom is -0.308 e. The second kappa shape index (κ2) is 5.64. The third-order valence-electron chi connectivity index (χ3n) is 7.60. The zero-order valence-corrected chi connectivity index (χ0v) is 18.2. The molecule has 5 aromatic carbocycles. The molecule has 0 saturated heterocycles. The fourth-order valence-corrected chi connectivity index (χ4v) is 6.23. The lowest BCUT2D eigenvalue weighted by Crippen LogP contribution is -1.92. The average Bonchev–Trinajstić information content (AvgIpc) is 3.55. The van der Waals surface area contributed by atoms with Gasteiger partial charge >= 0.3 is 0 Å². The van der Waals surface area contributed by atoms with Crippen LogP contribution in [0.1, 0.15) is 0 Å². The van der Waals surface area contributed by atoms with Crippen LogP contribution in [0.5, 0.6) is 0 Å². The van der Waals surface area contributed by atoms with Crippen molar-refractivity contribution in [2.24, 2.45) is 0 Å². The Kier molecular flexibility index (Phi) is 2.81. The van der Waals surface area contributed by atoms with Gasteiger partial charge in [0, 0.05) is 32.3 Å². The largest absolute Gasteiger partial charge is 0.308 e. The highest BCUT2D eigenvalue weighted by Gasteiger charge is 2.20. The van der Waals surface area contributed by atoms with E-state index >= 15 is 0 Å². The quantitative estimate of drug-likeness (QED) is 0.223. The molecule has 0 aliphatic heterocycles. The Labute approximate surface area is 193 Å². The molecule has 0 aliphatic rings. The Balaban J connectivity index is 1.64. The van der Waals surface area contributed by atoms with Crippen molar-refractivity contribution < 1.29 is 0 Å².